The summed E-state index contributed by atoms with van der Waals surface area (Å²) in [6, 6.07) is 4.41. The van der Waals surface area contributed by atoms with Crippen LogP contribution in [0.25, 0.3) is 0 Å². The quantitative estimate of drug-likeness (QED) is 0.556. The highest BCUT2D eigenvalue weighted by Gasteiger charge is 2.28. The first-order valence-corrected chi connectivity index (χ1v) is 6.08. The Balaban J connectivity index is 2.38. The van der Waals surface area contributed by atoms with E-state index in [2.05, 4.69) is 21.2 Å². The minimum atomic E-state index is -1.09. The van der Waals surface area contributed by atoms with E-state index in [1.807, 2.05) is 0 Å². The number of hydrogen-bond acceptors (Lipinski definition) is 4. The zero-order chi connectivity index (χ0) is 12.6. The van der Waals surface area contributed by atoms with Gasteiger partial charge in [-0.3, -0.25) is 14.9 Å². The Labute approximate surface area is 106 Å². The second-order valence-corrected chi connectivity index (χ2v) is 4.40. The summed E-state index contributed by atoms with van der Waals surface area (Å²) in [5.74, 6) is -0.917. The first-order chi connectivity index (χ1) is 8.04. The number of fused-ring (bicyclic) bond motifs is 1. The molecule has 0 aromatic heterocycles. The topological polar surface area (TPSA) is 86.6 Å². The van der Waals surface area contributed by atoms with Crippen molar-refractivity contribution >= 4 is 27.7 Å². The fourth-order valence-electron chi connectivity index (χ4n) is 1.68. The zero-order valence-corrected chi connectivity index (χ0v) is 10.3. The van der Waals surface area contributed by atoms with E-state index < -0.39 is 24.0 Å². The number of imide groups is 1. The second kappa shape index (κ2) is 4.56. The third-order valence-electron chi connectivity index (χ3n) is 2.62. The molecule has 5 nitrogen and oxygen atoms in total. The summed E-state index contributed by atoms with van der Waals surface area (Å²) >= 11 is 3.05. The number of amides is 2. The highest BCUT2D eigenvalue weighted by Crippen LogP contribution is 2.23. The number of aliphatic hydroxyl groups excluding tert-OH is 2. The molecule has 0 saturated heterocycles. The first-order valence-electron chi connectivity index (χ1n) is 4.96. The highest BCUT2D eigenvalue weighted by atomic mass is 79.9. The lowest BCUT2D eigenvalue weighted by Gasteiger charge is -2.16. The minimum absolute atomic E-state index is 0.219. The summed E-state index contributed by atoms with van der Waals surface area (Å²) in [5, 5.41) is 21.6. The van der Waals surface area contributed by atoms with Crippen LogP contribution in [0.2, 0.25) is 0 Å². The van der Waals surface area contributed by atoms with Gasteiger partial charge in [0.05, 0.1) is 17.2 Å². The molecule has 90 valence electrons. The fraction of sp³-hybridized carbons (Fsp3) is 0.273. The average molecular weight is 300 g/mol. The molecule has 0 radical (unpaired) electrons. The number of halogens is 1. The molecule has 1 heterocycles. The van der Waals surface area contributed by atoms with Gasteiger partial charge >= 0.3 is 0 Å². The van der Waals surface area contributed by atoms with Crippen molar-refractivity contribution in [1.29, 1.82) is 0 Å². The van der Waals surface area contributed by atoms with Crippen LogP contribution < -0.4 is 5.32 Å². The number of alkyl halides is 1. The smallest absolute Gasteiger partial charge is 0.258 e. The third kappa shape index (κ3) is 2.11. The monoisotopic (exact) mass is 299 g/mol. The van der Waals surface area contributed by atoms with Crippen LogP contribution in [0.5, 0.6) is 0 Å². The molecule has 2 amide bonds. The van der Waals surface area contributed by atoms with Crippen LogP contribution in [0.15, 0.2) is 18.2 Å². The third-order valence-corrected chi connectivity index (χ3v) is 3.29. The van der Waals surface area contributed by atoms with Crippen LogP contribution in [0.3, 0.4) is 0 Å². The summed E-state index contributed by atoms with van der Waals surface area (Å²) in [5.41, 5.74) is 0.924. The average Bonchev–Trinajstić information content (AvgIpc) is 2.62. The van der Waals surface area contributed by atoms with E-state index >= 15 is 0 Å². The van der Waals surface area contributed by atoms with Crippen LogP contribution in [0, 0.1) is 0 Å². The molecular weight excluding hydrogens is 290 g/mol. The standard InChI is InChI=1S/C11H10BrNO4/c12-4-8(14)9(15)5-1-2-6-7(3-5)11(17)13-10(6)16/h1-3,8-9,14-15H,4H2,(H,13,16,17). The van der Waals surface area contributed by atoms with Gasteiger partial charge in [0.25, 0.3) is 11.8 Å². The van der Waals surface area contributed by atoms with Gasteiger partial charge in [-0.05, 0) is 17.7 Å². The van der Waals surface area contributed by atoms with Crippen molar-refractivity contribution in [3.63, 3.8) is 0 Å². The maximum atomic E-state index is 11.4. The summed E-state index contributed by atoms with van der Waals surface area (Å²) in [7, 11) is 0. The molecule has 2 atom stereocenters. The molecule has 17 heavy (non-hydrogen) atoms. The lowest BCUT2D eigenvalue weighted by molar-refractivity contribution is 0.0342. The zero-order valence-electron chi connectivity index (χ0n) is 8.68. The molecule has 2 unspecified atom stereocenters. The van der Waals surface area contributed by atoms with Crippen molar-refractivity contribution in [3.05, 3.63) is 34.9 Å². The molecule has 0 saturated carbocycles. The molecule has 6 heteroatoms. The van der Waals surface area contributed by atoms with Crippen LogP contribution in [-0.4, -0.2) is 33.5 Å². The maximum absolute atomic E-state index is 11.4. The SMILES string of the molecule is O=C1NC(=O)c2cc(C(O)C(O)CBr)ccc21. The van der Waals surface area contributed by atoms with E-state index in [-0.39, 0.29) is 10.9 Å². The number of carbonyl (C=O) groups is 2. The van der Waals surface area contributed by atoms with Gasteiger partial charge < -0.3 is 10.2 Å². The molecular formula is C11H10BrNO4. The molecule has 1 aromatic rings. The van der Waals surface area contributed by atoms with Gasteiger partial charge in [-0.1, -0.05) is 22.0 Å². The van der Waals surface area contributed by atoms with Gasteiger partial charge in [-0.25, -0.2) is 0 Å². The lowest BCUT2D eigenvalue weighted by atomic mass is 10.00. The van der Waals surface area contributed by atoms with Gasteiger partial charge in [0, 0.05) is 5.33 Å². The van der Waals surface area contributed by atoms with Gasteiger partial charge in [0.1, 0.15) is 6.10 Å². The van der Waals surface area contributed by atoms with Crippen molar-refractivity contribution in [2.75, 3.05) is 5.33 Å². The van der Waals surface area contributed by atoms with E-state index in [1.54, 1.807) is 0 Å². The summed E-state index contributed by atoms with van der Waals surface area (Å²) in [4.78, 5) is 22.7. The van der Waals surface area contributed by atoms with Crippen molar-refractivity contribution in [2.24, 2.45) is 0 Å². The lowest BCUT2D eigenvalue weighted by Crippen LogP contribution is -2.20. The second-order valence-electron chi connectivity index (χ2n) is 3.75. The van der Waals surface area contributed by atoms with E-state index in [4.69, 9.17) is 0 Å². The summed E-state index contributed by atoms with van der Waals surface area (Å²) in [6.45, 7) is 0. The highest BCUT2D eigenvalue weighted by molar-refractivity contribution is 9.09. The predicted molar refractivity (Wildman–Crippen MR) is 63.0 cm³/mol. The molecule has 1 aliphatic heterocycles. The van der Waals surface area contributed by atoms with Crippen LogP contribution in [0.1, 0.15) is 32.4 Å². The minimum Gasteiger partial charge on any atom is -0.389 e. The Morgan fingerprint density at radius 2 is 1.82 bits per heavy atom. The van der Waals surface area contributed by atoms with Crippen molar-refractivity contribution in [2.45, 2.75) is 12.2 Å². The number of carbonyl (C=O) groups excluding carboxylic acids is 2. The Morgan fingerprint density at radius 1 is 1.18 bits per heavy atom. The Bertz CT molecular complexity index is 488. The Kier molecular flexibility index (Phi) is 3.28. The number of benzene rings is 1. The largest absolute Gasteiger partial charge is 0.389 e. The van der Waals surface area contributed by atoms with Crippen molar-refractivity contribution in [3.8, 4) is 0 Å². The maximum Gasteiger partial charge on any atom is 0.258 e. The van der Waals surface area contributed by atoms with E-state index in [0.717, 1.165) is 0 Å². The van der Waals surface area contributed by atoms with Gasteiger partial charge in [-0.15, -0.1) is 0 Å². The van der Waals surface area contributed by atoms with E-state index in [1.165, 1.54) is 18.2 Å². The summed E-state index contributed by atoms with van der Waals surface area (Å²) in [6.07, 6.45) is -2.06. The molecule has 0 fully saturated rings. The van der Waals surface area contributed by atoms with Crippen molar-refractivity contribution in [1.82, 2.24) is 5.32 Å². The van der Waals surface area contributed by atoms with E-state index in [0.29, 0.717) is 11.1 Å². The molecule has 1 aliphatic rings. The van der Waals surface area contributed by atoms with Gasteiger partial charge in [0.2, 0.25) is 0 Å². The van der Waals surface area contributed by atoms with Crippen molar-refractivity contribution < 1.29 is 19.8 Å². The molecule has 3 N–H and O–H groups in total. The summed E-state index contributed by atoms with van der Waals surface area (Å²) < 4.78 is 0. The predicted octanol–water partition coefficient (Wildman–Crippen LogP) is 0.359. The van der Waals surface area contributed by atoms with Crippen LogP contribution in [0.4, 0.5) is 0 Å². The molecule has 0 bridgehead atoms. The molecule has 1 aromatic carbocycles. The van der Waals surface area contributed by atoms with Gasteiger partial charge in [0.15, 0.2) is 0 Å². The molecule has 2 rings (SSSR count). The molecule has 0 spiro atoms. The van der Waals surface area contributed by atoms with E-state index in [9.17, 15) is 19.8 Å². The van der Waals surface area contributed by atoms with Crippen LogP contribution >= 0.6 is 15.9 Å². The Morgan fingerprint density at radius 3 is 2.47 bits per heavy atom. The molecule has 0 aliphatic carbocycles. The number of hydrogen-bond donors (Lipinski definition) is 3. The Hall–Kier alpha value is -1.24. The fourth-order valence-corrected chi connectivity index (χ4v) is 2.03. The van der Waals surface area contributed by atoms with Gasteiger partial charge in [-0.2, -0.15) is 0 Å². The van der Waals surface area contributed by atoms with Crippen LogP contribution in [-0.2, 0) is 0 Å². The number of nitrogens with one attached hydrogen (secondary N) is 1. The first kappa shape index (κ1) is 12.2. The normalized spacial score (nSPS) is 17.6. The number of aliphatic hydroxyl groups is 2. The number of rotatable bonds is 3.